The molecule has 0 heterocycles. The number of hydrogen-bond donors (Lipinski definition) is 0. The molecule has 7 heteroatoms. The lowest BCUT2D eigenvalue weighted by Crippen LogP contribution is -2.01. The Kier molecular flexibility index (Phi) is 4.57. The topological polar surface area (TPSA) is 52.4 Å². The summed E-state index contributed by atoms with van der Waals surface area (Å²) in [6.45, 7) is -0.0406. The number of nitro benzene ring substituents is 1. The molecular formula is C13H8BrClFNO3. The van der Waals surface area contributed by atoms with E-state index in [1.807, 2.05) is 0 Å². The molecule has 0 unspecified atom stereocenters. The highest BCUT2D eigenvalue weighted by Gasteiger charge is 2.15. The summed E-state index contributed by atoms with van der Waals surface area (Å²) in [7, 11) is 0. The molecule has 2 aromatic carbocycles. The Morgan fingerprint density at radius 1 is 1.30 bits per heavy atom. The van der Waals surface area contributed by atoms with Gasteiger partial charge in [-0.25, -0.2) is 4.39 Å². The summed E-state index contributed by atoms with van der Waals surface area (Å²) < 4.78 is 18.8. The van der Waals surface area contributed by atoms with Crippen LogP contribution >= 0.6 is 27.5 Å². The predicted octanol–water partition coefficient (Wildman–Crippen LogP) is 4.73. The van der Waals surface area contributed by atoms with Gasteiger partial charge in [0.2, 0.25) is 0 Å². The fraction of sp³-hybridized carbons (Fsp3) is 0.0769. The highest BCUT2D eigenvalue weighted by atomic mass is 79.9. The van der Waals surface area contributed by atoms with Crippen LogP contribution in [0, 0.1) is 15.9 Å². The lowest BCUT2D eigenvalue weighted by atomic mass is 10.2. The van der Waals surface area contributed by atoms with Gasteiger partial charge in [-0.2, -0.15) is 0 Å². The summed E-state index contributed by atoms with van der Waals surface area (Å²) in [5.74, 6) is -0.0152. The van der Waals surface area contributed by atoms with Gasteiger partial charge in [0.15, 0.2) is 0 Å². The van der Waals surface area contributed by atoms with E-state index in [-0.39, 0.29) is 12.3 Å². The number of nitro groups is 1. The zero-order valence-corrected chi connectivity index (χ0v) is 12.3. The second-order valence-corrected chi connectivity index (χ2v) is 5.18. The van der Waals surface area contributed by atoms with E-state index in [2.05, 4.69) is 15.9 Å². The van der Waals surface area contributed by atoms with E-state index in [1.54, 1.807) is 0 Å². The molecule has 104 valence electrons. The molecule has 0 aliphatic rings. The molecule has 0 spiro atoms. The molecule has 20 heavy (non-hydrogen) atoms. The summed E-state index contributed by atoms with van der Waals surface area (Å²) >= 11 is 8.98. The van der Waals surface area contributed by atoms with Crippen LogP contribution in [0.2, 0.25) is 5.02 Å². The Bertz CT molecular complexity index is 666. The maximum absolute atomic E-state index is 12.9. The van der Waals surface area contributed by atoms with Gasteiger partial charge in [-0.3, -0.25) is 10.1 Å². The fourth-order valence-corrected chi connectivity index (χ4v) is 2.26. The van der Waals surface area contributed by atoms with Crippen molar-refractivity contribution in [2.45, 2.75) is 6.61 Å². The van der Waals surface area contributed by atoms with E-state index < -0.39 is 10.7 Å². The van der Waals surface area contributed by atoms with Crippen LogP contribution in [0.4, 0.5) is 10.1 Å². The predicted molar refractivity (Wildman–Crippen MR) is 76.5 cm³/mol. The van der Waals surface area contributed by atoms with Crippen molar-refractivity contribution in [2.24, 2.45) is 0 Å². The maximum atomic E-state index is 12.9. The monoisotopic (exact) mass is 359 g/mol. The number of nitrogens with zero attached hydrogens (tertiary/aromatic N) is 1. The largest absolute Gasteiger partial charge is 0.487 e. The molecule has 0 radical (unpaired) electrons. The number of rotatable bonds is 4. The van der Waals surface area contributed by atoms with Crippen LogP contribution in [0.5, 0.6) is 5.75 Å². The normalized spacial score (nSPS) is 10.3. The number of hydrogen-bond acceptors (Lipinski definition) is 3. The zero-order valence-electron chi connectivity index (χ0n) is 9.98. The minimum atomic E-state index is -0.505. The van der Waals surface area contributed by atoms with E-state index in [0.717, 1.165) is 0 Å². The number of benzene rings is 2. The molecule has 0 saturated heterocycles. The van der Waals surface area contributed by atoms with Crippen LogP contribution in [-0.4, -0.2) is 4.92 Å². The second kappa shape index (κ2) is 6.19. The van der Waals surface area contributed by atoms with E-state index in [1.165, 1.54) is 36.4 Å². The van der Waals surface area contributed by atoms with Crippen LogP contribution < -0.4 is 4.74 Å². The van der Waals surface area contributed by atoms with Crippen LogP contribution in [-0.2, 0) is 6.61 Å². The Hall–Kier alpha value is -1.66. The van der Waals surface area contributed by atoms with Crippen LogP contribution in [0.15, 0.2) is 40.9 Å². The van der Waals surface area contributed by atoms with E-state index in [0.29, 0.717) is 20.8 Å². The lowest BCUT2D eigenvalue weighted by Gasteiger charge is -2.09. The quantitative estimate of drug-likeness (QED) is 0.585. The van der Waals surface area contributed by atoms with Crippen molar-refractivity contribution < 1.29 is 14.1 Å². The average molecular weight is 361 g/mol. The summed E-state index contributed by atoms with van der Waals surface area (Å²) in [6, 6.07) is 8.17. The fourth-order valence-electron chi connectivity index (χ4n) is 1.60. The molecule has 0 N–H and O–H groups in total. The first-order valence-electron chi connectivity index (χ1n) is 5.48. The smallest absolute Gasteiger partial charge is 0.276 e. The zero-order chi connectivity index (χ0) is 14.7. The SMILES string of the molecule is O=[N+]([O-])c1ccc(Cl)cc1COc1ccc(F)cc1Br. The molecule has 0 aromatic heterocycles. The summed E-state index contributed by atoms with van der Waals surface area (Å²) in [4.78, 5) is 10.4. The standard InChI is InChI=1S/C13H8BrClFNO3/c14-11-6-10(16)2-4-13(11)20-7-8-5-9(15)1-3-12(8)17(18)19/h1-6H,7H2. The Morgan fingerprint density at radius 3 is 2.70 bits per heavy atom. The minimum Gasteiger partial charge on any atom is -0.487 e. The highest BCUT2D eigenvalue weighted by molar-refractivity contribution is 9.10. The van der Waals surface area contributed by atoms with Gasteiger partial charge in [0.25, 0.3) is 5.69 Å². The third kappa shape index (κ3) is 3.46. The van der Waals surface area contributed by atoms with Crippen LogP contribution in [0.1, 0.15) is 5.56 Å². The number of ether oxygens (including phenoxy) is 1. The number of halogens is 3. The Balaban J connectivity index is 2.22. The van der Waals surface area contributed by atoms with Crippen molar-refractivity contribution in [2.75, 3.05) is 0 Å². The van der Waals surface area contributed by atoms with Crippen LogP contribution in [0.25, 0.3) is 0 Å². The Labute approximate surface area is 127 Å². The van der Waals surface area contributed by atoms with Gasteiger partial charge in [0.05, 0.1) is 15.0 Å². The molecular weight excluding hydrogens is 353 g/mol. The Morgan fingerprint density at radius 2 is 2.05 bits per heavy atom. The molecule has 2 rings (SSSR count). The molecule has 0 fully saturated rings. The summed E-state index contributed by atoms with van der Waals surface area (Å²) in [5.41, 5.74) is 0.270. The van der Waals surface area contributed by atoms with Crippen molar-refractivity contribution in [1.29, 1.82) is 0 Å². The molecule has 4 nitrogen and oxygen atoms in total. The van der Waals surface area contributed by atoms with Gasteiger partial charge in [-0.05, 0) is 46.3 Å². The first-order valence-corrected chi connectivity index (χ1v) is 6.65. The molecule has 0 atom stereocenters. The van der Waals surface area contributed by atoms with Crippen molar-refractivity contribution in [3.05, 3.63) is 67.4 Å². The van der Waals surface area contributed by atoms with Gasteiger partial charge in [-0.15, -0.1) is 0 Å². The average Bonchev–Trinajstić information content (AvgIpc) is 2.37. The summed E-state index contributed by atoms with van der Waals surface area (Å²) in [5, 5.41) is 11.3. The van der Waals surface area contributed by atoms with Gasteiger partial charge in [0.1, 0.15) is 18.2 Å². The molecule has 0 amide bonds. The molecule has 0 aliphatic heterocycles. The molecule has 2 aromatic rings. The van der Waals surface area contributed by atoms with Crippen molar-refractivity contribution in [1.82, 2.24) is 0 Å². The van der Waals surface area contributed by atoms with Gasteiger partial charge < -0.3 is 4.74 Å². The first-order chi connectivity index (χ1) is 9.47. The van der Waals surface area contributed by atoms with Crippen molar-refractivity contribution >= 4 is 33.2 Å². The van der Waals surface area contributed by atoms with E-state index in [4.69, 9.17) is 16.3 Å². The third-order valence-corrected chi connectivity index (χ3v) is 3.37. The van der Waals surface area contributed by atoms with Crippen molar-refractivity contribution in [3.63, 3.8) is 0 Å². The second-order valence-electron chi connectivity index (χ2n) is 3.89. The molecule has 0 aliphatic carbocycles. The first kappa shape index (κ1) is 14.7. The van der Waals surface area contributed by atoms with E-state index in [9.17, 15) is 14.5 Å². The highest BCUT2D eigenvalue weighted by Crippen LogP contribution is 2.28. The van der Waals surface area contributed by atoms with Gasteiger partial charge >= 0.3 is 0 Å². The van der Waals surface area contributed by atoms with Crippen LogP contribution in [0.3, 0.4) is 0 Å². The molecule has 0 saturated carbocycles. The van der Waals surface area contributed by atoms with Crippen molar-refractivity contribution in [3.8, 4) is 5.75 Å². The third-order valence-electron chi connectivity index (χ3n) is 2.52. The van der Waals surface area contributed by atoms with E-state index >= 15 is 0 Å². The van der Waals surface area contributed by atoms with Gasteiger partial charge in [0, 0.05) is 11.1 Å². The molecule has 0 bridgehead atoms. The lowest BCUT2D eigenvalue weighted by molar-refractivity contribution is -0.385. The minimum absolute atomic E-state index is 0.0406. The maximum Gasteiger partial charge on any atom is 0.276 e. The summed E-state index contributed by atoms with van der Waals surface area (Å²) in [6.07, 6.45) is 0. The van der Waals surface area contributed by atoms with Gasteiger partial charge in [-0.1, -0.05) is 11.6 Å².